The average Bonchev–Trinajstić information content (AvgIpc) is 3.17. The molecule has 7 amide bonds. The summed E-state index contributed by atoms with van der Waals surface area (Å²) < 4.78 is 0. The molecule has 0 saturated carbocycles. The molecule has 2 rings (SSSR count). The molecule has 5 atom stereocenters. The van der Waals surface area contributed by atoms with E-state index >= 15 is 0 Å². The van der Waals surface area contributed by atoms with Crippen LogP contribution >= 0.6 is 0 Å². The van der Waals surface area contributed by atoms with Crippen LogP contribution in [0.2, 0.25) is 0 Å². The van der Waals surface area contributed by atoms with E-state index in [2.05, 4.69) is 63.1 Å². The summed E-state index contributed by atoms with van der Waals surface area (Å²) in [7, 11) is -1.90. The van der Waals surface area contributed by atoms with Crippen LogP contribution in [0.4, 0.5) is 0 Å². The van der Waals surface area contributed by atoms with Crippen LogP contribution in [0.25, 0.3) is 11.1 Å². The van der Waals surface area contributed by atoms with Crippen molar-refractivity contribution in [1.82, 2.24) is 31.9 Å². The second-order valence-corrected chi connectivity index (χ2v) is 13.7. The fourth-order valence-corrected chi connectivity index (χ4v) is 5.53. The zero-order valence-electron chi connectivity index (χ0n) is 32.7. The largest absolute Gasteiger partial charge is 0.472 e. The van der Waals surface area contributed by atoms with Gasteiger partial charge in [-0.05, 0) is 81.3 Å². The highest BCUT2D eigenvalue weighted by atomic mass is 16.4. The molecule has 18 nitrogen and oxygen atoms in total. The third-order valence-electron chi connectivity index (χ3n) is 8.80. The highest BCUT2D eigenvalue weighted by molar-refractivity contribution is 6.41. The van der Waals surface area contributed by atoms with Gasteiger partial charge in [0.25, 0.3) is 5.91 Å². The molecule has 13 N–H and O–H groups in total. The molecule has 0 aromatic heterocycles. The Hall–Kier alpha value is -5.37. The minimum Gasteiger partial charge on any atom is -0.426 e. The summed E-state index contributed by atoms with van der Waals surface area (Å²) in [6, 6.07) is 9.79. The fourth-order valence-electron chi connectivity index (χ4n) is 5.53. The normalized spacial score (nSPS) is 13.5. The number of amides is 7. The molecule has 3 unspecified atom stereocenters. The van der Waals surface area contributed by atoms with Crippen LogP contribution in [0.5, 0.6) is 0 Å². The van der Waals surface area contributed by atoms with E-state index in [1.807, 2.05) is 12.1 Å². The summed E-state index contributed by atoms with van der Waals surface area (Å²) in [5, 5.41) is 42.8. The minimum atomic E-state index is -1.90. The summed E-state index contributed by atoms with van der Waals surface area (Å²) in [6.45, 7) is 4.91. The zero-order chi connectivity index (χ0) is 42.5. The SMILES string of the molecule is CCCCc1ccc(-c2ccc(C(=O)NCCC(=O)N[C@@H](CCCCN)C(=O)NC(C(=O)N[C@@H](C)C(=O)NC(CC(N)=O)C(=O)NCB(O)O)C(C)O)cc2)cc1. The number of nitrogens with two attached hydrogens (primary N) is 2. The van der Waals surface area contributed by atoms with Crippen LogP contribution in [0.1, 0.15) is 81.6 Å². The predicted octanol–water partition coefficient (Wildman–Crippen LogP) is -1.71. The van der Waals surface area contributed by atoms with Gasteiger partial charge in [-0.1, -0.05) is 49.7 Å². The first-order chi connectivity index (χ1) is 27.1. The Morgan fingerprint density at radius 2 is 1.37 bits per heavy atom. The van der Waals surface area contributed by atoms with E-state index in [9.17, 15) is 38.7 Å². The summed E-state index contributed by atoms with van der Waals surface area (Å²) in [6.07, 6.45) is 1.51. The number of nitrogens with one attached hydrogen (secondary N) is 6. The third-order valence-corrected chi connectivity index (χ3v) is 8.80. The van der Waals surface area contributed by atoms with E-state index in [4.69, 9.17) is 21.5 Å². The van der Waals surface area contributed by atoms with Crippen molar-refractivity contribution in [1.29, 1.82) is 0 Å². The van der Waals surface area contributed by atoms with Gasteiger partial charge in [-0.15, -0.1) is 0 Å². The number of hydrogen-bond donors (Lipinski definition) is 11. The quantitative estimate of drug-likeness (QED) is 0.0397. The Morgan fingerprint density at radius 1 is 0.737 bits per heavy atom. The van der Waals surface area contributed by atoms with Crippen LogP contribution in [0.15, 0.2) is 48.5 Å². The Bertz CT molecular complexity index is 1640. The summed E-state index contributed by atoms with van der Waals surface area (Å²) >= 11 is 0. The van der Waals surface area contributed by atoms with E-state index in [0.29, 0.717) is 24.9 Å². The smallest absolute Gasteiger partial charge is 0.426 e. The number of hydrogen-bond acceptors (Lipinski definition) is 11. The van der Waals surface area contributed by atoms with Gasteiger partial charge in [0, 0.05) is 18.5 Å². The standard InChI is InChI=1S/C38H57BN8O10/c1-4-5-8-25-10-12-26(13-11-25)27-14-16-28(17-15-27)35(52)42-20-18-32(50)45-29(9-6-7-19-40)37(54)47-33(24(3)48)38(55)44-23(2)34(51)46-30(21-31(41)49)36(53)43-22-39(56)57/h10-17,23-24,29-30,33,48,56-57H,4-9,18-22,40H2,1-3H3,(H2,41,49)(H,42,52)(H,43,53)(H,44,55)(H,45,50)(H,46,51)(H,47,54)/t23-,24?,29-,30?,33?/m0/s1. The van der Waals surface area contributed by atoms with Crippen molar-refractivity contribution >= 4 is 48.5 Å². The second-order valence-electron chi connectivity index (χ2n) is 13.7. The maximum atomic E-state index is 13.4. The molecule has 0 aliphatic carbocycles. The lowest BCUT2D eigenvalue weighted by Gasteiger charge is -2.26. The van der Waals surface area contributed by atoms with Crippen molar-refractivity contribution in [3.05, 3.63) is 59.7 Å². The molecule has 0 saturated heterocycles. The van der Waals surface area contributed by atoms with Crippen molar-refractivity contribution in [2.24, 2.45) is 11.5 Å². The second kappa shape index (κ2) is 25.0. The predicted molar refractivity (Wildman–Crippen MR) is 212 cm³/mol. The Labute approximate surface area is 332 Å². The lowest BCUT2D eigenvalue weighted by molar-refractivity contribution is -0.136. The van der Waals surface area contributed by atoms with Crippen LogP contribution < -0.4 is 43.4 Å². The summed E-state index contributed by atoms with van der Waals surface area (Å²) in [5.41, 5.74) is 14.4. The van der Waals surface area contributed by atoms with E-state index in [1.54, 1.807) is 12.1 Å². The number of unbranched alkanes of at least 4 members (excludes halogenated alkanes) is 2. The van der Waals surface area contributed by atoms with Crippen molar-refractivity contribution in [2.75, 3.05) is 19.5 Å². The number of carbonyl (C=O) groups is 7. The molecule has 57 heavy (non-hydrogen) atoms. The summed E-state index contributed by atoms with van der Waals surface area (Å²) in [5.74, 6) is -5.57. The number of rotatable bonds is 25. The molecular weight excluding hydrogens is 739 g/mol. The first kappa shape index (κ1) is 47.8. The van der Waals surface area contributed by atoms with Crippen LogP contribution in [0.3, 0.4) is 0 Å². The molecule has 0 aliphatic rings. The van der Waals surface area contributed by atoms with E-state index in [0.717, 1.165) is 30.4 Å². The van der Waals surface area contributed by atoms with Gasteiger partial charge in [-0.2, -0.15) is 0 Å². The number of benzene rings is 2. The maximum Gasteiger partial charge on any atom is 0.472 e. The molecular formula is C38H57BN8O10. The lowest BCUT2D eigenvalue weighted by atomic mass is 9.92. The van der Waals surface area contributed by atoms with Gasteiger partial charge in [0.05, 0.1) is 19.0 Å². The molecule has 0 spiro atoms. The van der Waals surface area contributed by atoms with Gasteiger partial charge in [0.2, 0.25) is 35.4 Å². The Balaban J connectivity index is 1.98. The molecule has 0 heterocycles. The van der Waals surface area contributed by atoms with Gasteiger partial charge < -0.3 is 58.5 Å². The van der Waals surface area contributed by atoms with Crippen LogP contribution in [-0.4, -0.2) is 113 Å². The monoisotopic (exact) mass is 796 g/mol. The molecule has 19 heteroatoms. The third kappa shape index (κ3) is 17.5. The fraction of sp³-hybridized carbons (Fsp3) is 0.500. The van der Waals surface area contributed by atoms with Gasteiger partial charge >= 0.3 is 7.12 Å². The summed E-state index contributed by atoms with van der Waals surface area (Å²) in [4.78, 5) is 88.9. The highest BCUT2D eigenvalue weighted by Crippen LogP contribution is 2.21. The van der Waals surface area contributed by atoms with Crippen LogP contribution in [-0.2, 0) is 35.2 Å². The number of aliphatic hydroxyl groups is 1. The van der Waals surface area contributed by atoms with Crippen molar-refractivity contribution in [3.63, 3.8) is 0 Å². The van der Waals surface area contributed by atoms with Crippen molar-refractivity contribution < 1.29 is 48.7 Å². The van der Waals surface area contributed by atoms with Gasteiger partial charge in [0.15, 0.2) is 0 Å². The Morgan fingerprint density at radius 3 is 1.93 bits per heavy atom. The molecule has 2 aromatic carbocycles. The van der Waals surface area contributed by atoms with Gasteiger partial charge in [-0.3, -0.25) is 33.6 Å². The maximum absolute atomic E-state index is 13.4. The van der Waals surface area contributed by atoms with Crippen molar-refractivity contribution in [3.8, 4) is 11.1 Å². The topological polar surface area (TPSA) is 304 Å². The number of primary amides is 1. The highest BCUT2D eigenvalue weighted by Gasteiger charge is 2.32. The molecule has 312 valence electrons. The minimum absolute atomic E-state index is 0.0349. The molecule has 2 aromatic rings. The number of aliphatic hydroxyl groups excluding tert-OH is 1. The van der Waals surface area contributed by atoms with Crippen molar-refractivity contribution in [2.45, 2.75) is 102 Å². The number of carbonyl (C=O) groups excluding carboxylic acids is 7. The molecule has 0 bridgehead atoms. The van der Waals surface area contributed by atoms with Gasteiger partial charge in [0.1, 0.15) is 24.2 Å². The van der Waals surface area contributed by atoms with E-state index in [1.165, 1.54) is 19.4 Å². The zero-order valence-corrected chi connectivity index (χ0v) is 32.7. The van der Waals surface area contributed by atoms with Gasteiger partial charge in [-0.25, -0.2) is 0 Å². The number of aryl methyl sites for hydroxylation is 1. The lowest BCUT2D eigenvalue weighted by Crippen LogP contribution is -2.60. The first-order valence-electron chi connectivity index (χ1n) is 19.0. The Kier molecular flexibility index (Phi) is 21.0. The average molecular weight is 797 g/mol. The van der Waals surface area contributed by atoms with Crippen LogP contribution in [0, 0.1) is 0 Å². The van der Waals surface area contributed by atoms with E-state index in [-0.39, 0.29) is 25.3 Å². The molecule has 0 radical (unpaired) electrons. The first-order valence-corrected chi connectivity index (χ1v) is 19.0. The molecule has 0 aliphatic heterocycles. The molecule has 0 fully saturated rings. The van der Waals surface area contributed by atoms with E-state index < -0.39 is 85.7 Å².